The third kappa shape index (κ3) is 4.96. The number of nitrogens with zero attached hydrogens (tertiary/aromatic N) is 4. The van der Waals surface area contributed by atoms with Crippen molar-refractivity contribution in [3.8, 4) is 0 Å². The Kier molecular flexibility index (Phi) is 6.28. The van der Waals surface area contributed by atoms with Gasteiger partial charge < -0.3 is 10.6 Å². The van der Waals surface area contributed by atoms with Gasteiger partial charge in [-0.05, 0) is 31.2 Å². The Morgan fingerprint density at radius 3 is 2.76 bits per heavy atom. The summed E-state index contributed by atoms with van der Waals surface area (Å²) in [6.07, 6.45) is 1.96. The number of benzene rings is 1. The summed E-state index contributed by atoms with van der Waals surface area (Å²) in [6, 6.07) is 16.3. The van der Waals surface area contributed by atoms with Crippen molar-refractivity contribution in [2.24, 2.45) is 4.99 Å². The van der Waals surface area contributed by atoms with E-state index in [1.807, 2.05) is 46.6 Å². The smallest absolute Gasteiger partial charge is 0.191 e. The van der Waals surface area contributed by atoms with Crippen LogP contribution < -0.4 is 10.6 Å². The first-order chi connectivity index (χ1) is 12.4. The largest absolute Gasteiger partial charge is 0.357 e. The molecule has 3 aromatic rings. The maximum absolute atomic E-state index is 4.61. The highest BCUT2D eigenvalue weighted by atomic mass is 32.2. The first-order valence-electron chi connectivity index (χ1n) is 8.35. The van der Waals surface area contributed by atoms with Crippen LogP contribution in [0, 0.1) is 0 Å². The van der Waals surface area contributed by atoms with E-state index in [1.165, 1.54) is 4.90 Å². The fourth-order valence-electron chi connectivity index (χ4n) is 2.35. The summed E-state index contributed by atoms with van der Waals surface area (Å²) in [5.41, 5.74) is 0.838. The highest BCUT2D eigenvalue weighted by Crippen LogP contribution is 2.15. The van der Waals surface area contributed by atoms with E-state index in [-0.39, 0.29) is 0 Å². The maximum atomic E-state index is 4.61. The molecule has 0 amide bonds. The summed E-state index contributed by atoms with van der Waals surface area (Å²) >= 11 is 1.83. The number of fused-ring (bicyclic) bond motifs is 1. The fraction of sp³-hybridized carbons (Fsp3) is 0.278. The Morgan fingerprint density at radius 2 is 1.92 bits per heavy atom. The normalized spacial score (nSPS) is 11.6. The van der Waals surface area contributed by atoms with Crippen LogP contribution in [-0.4, -0.2) is 39.4 Å². The van der Waals surface area contributed by atoms with E-state index in [9.17, 15) is 0 Å². The standard InChI is InChI=1S/C18H22N6S/c1-2-19-18(20-11-13-25-15-8-4-3-5-9-15)21-14-17-23-22-16-10-6-7-12-24(16)17/h3-10,12H,2,11,13-14H2,1H3,(H2,19,20,21). The van der Waals surface area contributed by atoms with E-state index in [4.69, 9.17) is 0 Å². The highest BCUT2D eigenvalue weighted by Gasteiger charge is 2.04. The molecule has 0 aliphatic heterocycles. The van der Waals surface area contributed by atoms with Crippen LogP contribution in [0.15, 0.2) is 64.6 Å². The lowest BCUT2D eigenvalue weighted by molar-refractivity contribution is 0.818. The van der Waals surface area contributed by atoms with E-state index in [1.54, 1.807) is 0 Å². The molecule has 0 saturated carbocycles. The lowest BCUT2D eigenvalue weighted by Crippen LogP contribution is -2.38. The molecule has 2 aromatic heterocycles. The SMILES string of the molecule is CCNC(=NCc1nnc2ccccn12)NCCSc1ccccc1. The van der Waals surface area contributed by atoms with Crippen LogP contribution in [0.3, 0.4) is 0 Å². The van der Waals surface area contributed by atoms with Gasteiger partial charge in [-0.15, -0.1) is 22.0 Å². The van der Waals surface area contributed by atoms with E-state index in [0.29, 0.717) is 6.54 Å². The van der Waals surface area contributed by atoms with Crippen LogP contribution in [0.2, 0.25) is 0 Å². The van der Waals surface area contributed by atoms with Gasteiger partial charge in [0, 0.05) is 29.9 Å². The third-order valence-corrected chi connectivity index (χ3v) is 4.53. The number of guanidine groups is 1. The fourth-order valence-corrected chi connectivity index (χ4v) is 3.13. The molecule has 1 aromatic carbocycles. The molecule has 0 radical (unpaired) electrons. The number of rotatable bonds is 7. The number of aromatic nitrogens is 3. The first kappa shape index (κ1) is 17.3. The average molecular weight is 354 g/mol. The quantitative estimate of drug-likeness (QED) is 0.295. The van der Waals surface area contributed by atoms with Gasteiger partial charge in [-0.25, -0.2) is 4.99 Å². The summed E-state index contributed by atoms with van der Waals surface area (Å²) in [4.78, 5) is 5.89. The van der Waals surface area contributed by atoms with Gasteiger partial charge in [0.05, 0.1) is 0 Å². The summed E-state index contributed by atoms with van der Waals surface area (Å²) in [7, 11) is 0. The Morgan fingerprint density at radius 1 is 1.08 bits per heavy atom. The van der Waals surface area contributed by atoms with Gasteiger partial charge in [0.25, 0.3) is 0 Å². The average Bonchev–Trinajstić information content (AvgIpc) is 3.07. The van der Waals surface area contributed by atoms with E-state index in [2.05, 4.69) is 57.0 Å². The van der Waals surface area contributed by atoms with Gasteiger partial charge >= 0.3 is 0 Å². The van der Waals surface area contributed by atoms with Crippen LogP contribution in [0.1, 0.15) is 12.7 Å². The van der Waals surface area contributed by atoms with Gasteiger partial charge in [-0.1, -0.05) is 24.3 Å². The monoisotopic (exact) mass is 354 g/mol. The minimum atomic E-state index is 0.479. The van der Waals surface area contributed by atoms with Gasteiger partial charge in [0.1, 0.15) is 6.54 Å². The van der Waals surface area contributed by atoms with Crippen molar-refractivity contribution in [2.45, 2.75) is 18.4 Å². The van der Waals surface area contributed by atoms with Gasteiger partial charge in [0.2, 0.25) is 0 Å². The molecule has 0 unspecified atom stereocenters. The van der Waals surface area contributed by atoms with Crippen molar-refractivity contribution in [2.75, 3.05) is 18.8 Å². The van der Waals surface area contributed by atoms with Crippen molar-refractivity contribution in [1.29, 1.82) is 0 Å². The van der Waals surface area contributed by atoms with Crippen molar-refractivity contribution < 1.29 is 0 Å². The third-order valence-electron chi connectivity index (χ3n) is 3.51. The Bertz CT molecular complexity index is 815. The molecular formula is C18H22N6S. The van der Waals surface area contributed by atoms with Crippen LogP contribution in [0.4, 0.5) is 0 Å². The summed E-state index contributed by atoms with van der Waals surface area (Å²) < 4.78 is 1.96. The molecule has 0 fully saturated rings. The van der Waals surface area contributed by atoms with Crippen LogP contribution in [-0.2, 0) is 6.54 Å². The minimum Gasteiger partial charge on any atom is -0.357 e. The molecule has 6 nitrogen and oxygen atoms in total. The second kappa shape index (κ2) is 9.08. The van der Waals surface area contributed by atoms with Crippen molar-refractivity contribution in [3.05, 3.63) is 60.6 Å². The van der Waals surface area contributed by atoms with Crippen LogP contribution in [0.25, 0.3) is 5.65 Å². The zero-order chi connectivity index (χ0) is 17.3. The predicted molar refractivity (Wildman–Crippen MR) is 103 cm³/mol. The number of nitrogens with one attached hydrogen (secondary N) is 2. The number of hydrogen-bond acceptors (Lipinski definition) is 4. The highest BCUT2D eigenvalue weighted by molar-refractivity contribution is 7.99. The number of pyridine rings is 1. The van der Waals surface area contributed by atoms with Gasteiger partial charge in [0.15, 0.2) is 17.4 Å². The second-order valence-corrected chi connectivity index (χ2v) is 6.50. The second-order valence-electron chi connectivity index (χ2n) is 5.33. The van der Waals surface area contributed by atoms with Gasteiger partial charge in [-0.3, -0.25) is 4.40 Å². The molecule has 0 saturated heterocycles. The first-order valence-corrected chi connectivity index (χ1v) is 9.34. The molecule has 0 spiro atoms. The molecule has 2 N–H and O–H groups in total. The summed E-state index contributed by atoms with van der Waals surface area (Å²) in [5.74, 6) is 2.60. The molecule has 25 heavy (non-hydrogen) atoms. The molecule has 0 bridgehead atoms. The number of thioether (sulfide) groups is 1. The van der Waals surface area contributed by atoms with Crippen molar-refractivity contribution in [3.63, 3.8) is 0 Å². The topological polar surface area (TPSA) is 66.6 Å². The van der Waals surface area contributed by atoms with Crippen LogP contribution in [0.5, 0.6) is 0 Å². The van der Waals surface area contributed by atoms with E-state index in [0.717, 1.165) is 36.3 Å². The summed E-state index contributed by atoms with van der Waals surface area (Å²) in [6.45, 7) is 4.19. The zero-order valence-corrected chi connectivity index (χ0v) is 15.0. The maximum Gasteiger partial charge on any atom is 0.191 e. The molecule has 7 heteroatoms. The Labute approximate surface area is 151 Å². The predicted octanol–water partition coefficient (Wildman–Crippen LogP) is 2.58. The zero-order valence-electron chi connectivity index (χ0n) is 14.2. The molecule has 2 heterocycles. The molecule has 0 aliphatic carbocycles. The Hall–Kier alpha value is -2.54. The minimum absolute atomic E-state index is 0.479. The number of hydrogen-bond donors (Lipinski definition) is 2. The summed E-state index contributed by atoms with van der Waals surface area (Å²) in [5, 5.41) is 15.0. The lowest BCUT2D eigenvalue weighted by atomic mass is 10.4. The molecule has 130 valence electrons. The molecule has 0 aliphatic rings. The molecular weight excluding hydrogens is 332 g/mol. The van der Waals surface area contributed by atoms with Crippen LogP contribution >= 0.6 is 11.8 Å². The Balaban J connectivity index is 1.54. The number of aliphatic imine (C=N–C) groups is 1. The van der Waals surface area contributed by atoms with Crippen molar-refractivity contribution in [1.82, 2.24) is 25.2 Å². The van der Waals surface area contributed by atoms with Crippen molar-refractivity contribution >= 4 is 23.4 Å². The van der Waals surface area contributed by atoms with E-state index >= 15 is 0 Å². The van der Waals surface area contributed by atoms with E-state index < -0.39 is 0 Å². The lowest BCUT2D eigenvalue weighted by Gasteiger charge is -2.10. The van der Waals surface area contributed by atoms with Gasteiger partial charge in [-0.2, -0.15) is 0 Å². The molecule has 0 atom stereocenters. The molecule has 3 rings (SSSR count).